The van der Waals surface area contributed by atoms with E-state index < -0.39 is 0 Å². The summed E-state index contributed by atoms with van der Waals surface area (Å²) < 4.78 is 7.62. The summed E-state index contributed by atoms with van der Waals surface area (Å²) in [5.41, 5.74) is 5.68. The van der Waals surface area contributed by atoms with Crippen LogP contribution in [0.2, 0.25) is 15.1 Å². The Balaban J connectivity index is 1.57. The summed E-state index contributed by atoms with van der Waals surface area (Å²) >= 11 is 18.9. The second kappa shape index (κ2) is 12.5. The van der Waals surface area contributed by atoms with Crippen LogP contribution in [0.15, 0.2) is 77.6 Å². The molecule has 39 heavy (non-hydrogen) atoms. The minimum atomic E-state index is -0.322. The minimum absolute atomic E-state index is 0.116. The smallest absolute Gasteiger partial charge is 0.273 e. The van der Waals surface area contributed by atoms with Crippen LogP contribution in [0, 0.1) is 0 Å². The lowest BCUT2D eigenvalue weighted by Crippen LogP contribution is -2.41. The molecule has 1 heterocycles. The van der Waals surface area contributed by atoms with Crippen LogP contribution in [-0.4, -0.2) is 22.4 Å². The Morgan fingerprint density at radius 3 is 2.21 bits per heavy atom. The number of nitrogens with one attached hydrogen (secondary N) is 2. The number of hydrogen-bond acceptors (Lipinski definition) is 4. The topological polar surface area (TPSA) is 62.3 Å². The molecule has 0 fully saturated rings. The molecule has 4 rings (SSSR count). The van der Waals surface area contributed by atoms with E-state index in [1.807, 2.05) is 47.5 Å². The van der Waals surface area contributed by atoms with Gasteiger partial charge in [0.2, 0.25) is 0 Å². The molecular weight excluding hydrogens is 555 g/mol. The van der Waals surface area contributed by atoms with Gasteiger partial charge in [-0.15, -0.1) is 0 Å². The van der Waals surface area contributed by atoms with Crippen molar-refractivity contribution in [3.8, 4) is 11.4 Å². The Kier molecular flexibility index (Phi) is 9.34. The van der Waals surface area contributed by atoms with Gasteiger partial charge < -0.3 is 4.74 Å². The van der Waals surface area contributed by atoms with Crippen molar-refractivity contribution < 1.29 is 4.74 Å². The fraction of sp³-hybridized carbons (Fsp3) is 0.300. The number of aromatic nitrogens is 2. The number of H-pyrrole nitrogens is 1. The molecule has 0 aliphatic heterocycles. The Labute approximate surface area is 244 Å². The predicted molar refractivity (Wildman–Crippen MR) is 162 cm³/mol. The predicted octanol–water partition coefficient (Wildman–Crippen LogP) is 8.31. The number of hydrogen-bond donors (Lipinski definition) is 2. The second-order valence-electron chi connectivity index (χ2n) is 9.98. The Morgan fingerprint density at radius 1 is 0.974 bits per heavy atom. The van der Waals surface area contributed by atoms with Crippen molar-refractivity contribution in [2.75, 3.05) is 11.6 Å². The summed E-state index contributed by atoms with van der Waals surface area (Å²) in [6, 6.07) is 22.6. The van der Waals surface area contributed by atoms with E-state index in [2.05, 4.69) is 50.4 Å². The van der Waals surface area contributed by atoms with Crippen LogP contribution in [0.5, 0.6) is 5.75 Å². The first kappa shape index (κ1) is 29.1. The number of nitrogens with zero attached hydrogens (tertiary/aromatic N) is 2. The molecule has 4 aromatic rings. The number of rotatable bonds is 11. The van der Waals surface area contributed by atoms with E-state index in [0.717, 1.165) is 24.3 Å². The summed E-state index contributed by atoms with van der Waals surface area (Å²) in [7, 11) is 0. The number of aromatic amines is 1. The van der Waals surface area contributed by atoms with Crippen LogP contribution in [-0.2, 0) is 5.41 Å². The first-order valence-electron chi connectivity index (χ1n) is 13.0. The van der Waals surface area contributed by atoms with Crippen LogP contribution >= 0.6 is 34.8 Å². The van der Waals surface area contributed by atoms with Crippen LogP contribution in [0.25, 0.3) is 5.69 Å². The molecule has 0 radical (unpaired) electrons. The van der Waals surface area contributed by atoms with Gasteiger partial charge in [-0.1, -0.05) is 92.8 Å². The molecule has 0 saturated heterocycles. The zero-order chi connectivity index (χ0) is 28.2. The average Bonchev–Trinajstić information content (AvgIpc) is 3.28. The molecule has 6 nitrogen and oxygen atoms in total. The average molecular weight is 588 g/mol. The summed E-state index contributed by atoms with van der Waals surface area (Å²) in [6.45, 7) is 9.25. The maximum Gasteiger partial charge on any atom is 0.273 e. The number of anilines is 2. The largest absolute Gasteiger partial charge is 0.489 e. The zero-order valence-electron chi connectivity index (χ0n) is 22.5. The first-order chi connectivity index (χ1) is 18.6. The van der Waals surface area contributed by atoms with E-state index >= 15 is 0 Å². The van der Waals surface area contributed by atoms with Gasteiger partial charge in [-0.05, 0) is 60.2 Å². The molecule has 0 aliphatic carbocycles. The van der Waals surface area contributed by atoms with Crippen molar-refractivity contribution in [3.05, 3.63) is 104 Å². The van der Waals surface area contributed by atoms with Crippen molar-refractivity contribution in [2.45, 2.75) is 52.1 Å². The Hall–Kier alpha value is -2.90. The lowest BCUT2D eigenvalue weighted by molar-refractivity contribution is 0.193. The van der Waals surface area contributed by atoms with Crippen LogP contribution < -0.4 is 20.7 Å². The van der Waals surface area contributed by atoms with E-state index in [4.69, 9.17) is 39.5 Å². The van der Waals surface area contributed by atoms with Gasteiger partial charge in [0, 0.05) is 11.1 Å². The number of ether oxygens (including phenoxy) is 1. The SMILES string of the molecule is CCC(CNN(c1ccccc1)c1cc(=O)n(-c2c(Cl)cc(Cl)cc2Cl)[nH]1)Oc1ccc(C(C)(C)CC)cc1. The molecule has 206 valence electrons. The first-order valence-corrected chi connectivity index (χ1v) is 14.1. The van der Waals surface area contributed by atoms with E-state index in [1.54, 1.807) is 12.1 Å². The third kappa shape index (κ3) is 6.82. The van der Waals surface area contributed by atoms with Gasteiger partial charge in [0.1, 0.15) is 23.4 Å². The number of para-hydroxylation sites is 1. The molecular formula is C30H33Cl3N4O2. The van der Waals surface area contributed by atoms with Crippen LogP contribution in [0.3, 0.4) is 0 Å². The summed E-state index contributed by atoms with van der Waals surface area (Å²) in [5, 5.41) is 5.85. The van der Waals surface area contributed by atoms with E-state index in [9.17, 15) is 4.79 Å². The monoisotopic (exact) mass is 586 g/mol. The van der Waals surface area contributed by atoms with Crippen LogP contribution in [0.4, 0.5) is 11.5 Å². The molecule has 9 heteroatoms. The normalized spacial score (nSPS) is 12.4. The molecule has 1 unspecified atom stereocenters. The third-order valence-electron chi connectivity index (χ3n) is 6.92. The number of halogens is 3. The highest BCUT2D eigenvalue weighted by molar-refractivity contribution is 6.40. The number of benzene rings is 3. The van der Waals surface area contributed by atoms with Crippen molar-refractivity contribution in [2.24, 2.45) is 0 Å². The molecule has 0 saturated carbocycles. The standard InChI is InChI=1S/C30H33Cl3N4O2/c1-5-23(39-24-14-12-20(13-15-24)30(3,4)6-2)19-34-36(22-10-8-7-9-11-22)27-18-28(38)37(35-27)29-25(32)16-21(31)17-26(29)33/h7-18,23,34-35H,5-6,19H2,1-4H3. The van der Waals surface area contributed by atoms with E-state index in [-0.39, 0.29) is 27.1 Å². The van der Waals surface area contributed by atoms with E-state index in [1.165, 1.54) is 16.3 Å². The van der Waals surface area contributed by atoms with Gasteiger partial charge in [0.05, 0.1) is 22.3 Å². The molecule has 1 atom stereocenters. The quantitative estimate of drug-likeness (QED) is 0.173. The van der Waals surface area contributed by atoms with Crippen molar-refractivity contribution in [3.63, 3.8) is 0 Å². The van der Waals surface area contributed by atoms with Crippen molar-refractivity contribution in [1.82, 2.24) is 15.2 Å². The second-order valence-corrected chi connectivity index (χ2v) is 11.2. The lowest BCUT2D eigenvalue weighted by Gasteiger charge is -2.27. The lowest BCUT2D eigenvalue weighted by atomic mass is 9.82. The molecule has 2 N–H and O–H groups in total. The summed E-state index contributed by atoms with van der Waals surface area (Å²) in [5.74, 6) is 1.33. The van der Waals surface area contributed by atoms with Gasteiger partial charge in [-0.2, -0.15) is 0 Å². The molecule has 1 aromatic heterocycles. The highest BCUT2D eigenvalue weighted by atomic mass is 35.5. The zero-order valence-corrected chi connectivity index (χ0v) is 24.7. The van der Waals surface area contributed by atoms with Gasteiger partial charge in [-0.3, -0.25) is 14.9 Å². The highest BCUT2D eigenvalue weighted by Gasteiger charge is 2.20. The van der Waals surface area contributed by atoms with E-state index in [0.29, 0.717) is 23.1 Å². The minimum Gasteiger partial charge on any atom is -0.489 e. The molecule has 0 amide bonds. The Bertz CT molecular complexity index is 1430. The molecule has 3 aromatic carbocycles. The molecule has 0 aliphatic rings. The summed E-state index contributed by atoms with van der Waals surface area (Å²) in [6.07, 6.45) is 1.73. The summed E-state index contributed by atoms with van der Waals surface area (Å²) in [4.78, 5) is 13.0. The Morgan fingerprint density at radius 2 is 1.62 bits per heavy atom. The fourth-order valence-electron chi connectivity index (χ4n) is 4.15. The third-order valence-corrected chi connectivity index (χ3v) is 7.72. The van der Waals surface area contributed by atoms with Gasteiger partial charge in [-0.25, -0.2) is 10.1 Å². The maximum atomic E-state index is 13.0. The van der Waals surface area contributed by atoms with Crippen LogP contribution in [0.1, 0.15) is 46.1 Å². The van der Waals surface area contributed by atoms with Gasteiger partial charge >= 0.3 is 0 Å². The van der Waals surface area contributed by atoms with Gasteiger partial charge in [0.15, 0.2) is 0 Å². The fourth-order valence-corrected chi connectivity index (χ4v) is 5.13. The van der Waals surface area contributed by atoms with Crippen molar-refractivity contribution >= 4 is 46.3 Å². The number of hydrazine groups is 1. The highest BCUT2D eigenvalue weighted by Crippen LogP contribution is 2.32. The maximum absolute atomic E-state index is 13.0. The molecule has 0 bridgehead atoms. The molecule has 0 spiro atoms. The van der Waals surface area contributed by atoms with Crippen molar-refractivity contribution in [1.29, 1.82) is 0 Å². The van der Waals surface area contributed by atoms with Gasteiger partial charge in [0.25, 0.3) is 5.56 Å².